The Hall–Kier alpha value is -6.46. The zero-order valence-corrected chi connectivity index (χ0v) is 28.2. The van der Waals surface area contributed by atoms with Gasteiger partial charge in [-0.25, -0.2) is 0 Å². The van der Waals surface area contributed by atoms with Crippen molar-refractivity contribution in [1.82, 2.24) is 5.32 Å². The fraction of sp³-hybridized carbons (Fsp3) is 0.0750. The molecule has 0 heterocycles. The lowest BCUT2D eigenvalue weighted by Gasteiger charge is -2.21. The number of rotatable bonds is 10. The number of fused-ring (bicyclic) bond motifs is 2. The summed E-state index contributed by atoms with van der Waals surface area (Å²) >= 11 is 1.22. The zero-order valence-electron chi connectivity index (χ0n) is 27.4. The first-order valence-electron chi connectivity index (χ1n) is 15.8. The standard InChI is InChI=1S/C40H31N3O7S/c1-23(38(47)42-32-17-9-16-31-35(32)37(46)30-15-7-6-14-29(30)36(31)45)51-28-13-8-12-26(21-28)41-40(49)33(43-39(48)24-10-4-3-5-11-24)20-25-18-19-27(44)22-34(25)50-2/h3-23,44H,1-2H3,(H,41,49)(H,42,47)(H,43,48)/b33-20+. The van der Waals surface area contributed by atoms with E-state index < -0.39 is 23.0 Å². The summed E-state index contributed by atoms with van der Waals surface area (Å²) in [6, 6.07) is 31.1. The van der Waals surface area contributed by atoms with Gasteiger partial charge in [0.05, 0.1) is 23.6 Å². The van der Waals surface area contributed by atoms with E-state index in [1.54, 1.807) is 110 Å². The number of carbonyl (C=O) groups excluding carboxylic acids is 5. The Morgan fingerprint density at radius 1 is 0.765 bits per heavy atom. The van der Waals surface area contributed by atoms with Crippen LogP contribution in [0.25, 0.3) is 6.08 Å². The summed E-state index contributed by atoms with van der Waals surface area (Å²) in [6.07, 6.45) is 1.44. The van der Waals surface area contributed by atoms with Crippen molar-refractivity contribution in [2.24, 2.45) is 0 Å². The minimum absolute atomic E-state index is 0.0296. The Morgan fingerprint density at radius 3 is 2.20 bits per heavy atom. The van der Waals surface area contributed by atoms with E-state index in [-0.39, 0.29) is 51.1 Å². The first-order chi connectivity index (χ1) is 24.6. The van der Waals surface area contributed by atoms with E-state index in [4.69, 9.17) is 4.74 Å². The quantitative estimate of drug-likeness (QED) is 0.0912. The van der Waals surface area contributed by atoms with Crippen LogP contribution in [-0.2, 0) is 9.59 Å². The summed E-state index contributed by atoms with van der Waals surface area (Å²) in [5.41, 5.74) is 2.36. The summed E-state index contributed by atoms with van der Waals surface area (Å²) in [6.45, 7) is 1.70. The molecule has 0 aromatic heterocycles. The molecule has 0 spiro atoms. The fourth-order valence-electron chi connectivity index (χ4n) is 5.50. The molecule has 0 radical (unpaired) electrons. The van der Waals surface area contributed by atoms with Gasteiger partial charge >= 0.3 is 0 Å². The highest BCUT2D eigenvalue weighted by atomic mass is 32.2. The lowest BCUT2D eigenvalue weighted by Crippen LogP contribution is -2.30. The van der Waals surface area contributed by atoms with Crippen LogP contribution in [0.3, 0.4) is 0 Å². The summed E-state index contributed by atoms with van der Waals surface area (Å²) < 4.78 is 5.36. The van der Waals surface area contributed by atoms with Crippen molar-refractivity contribution in [3.63, 3.8) is 0 Å². The maximum Gasteiger partial charge on any atom is 0.272 e. The van der Waals surface area contributed by atoms with Crippen LogP contribution in [-0.4, -0.2) is 46.8 Å². The highest BCUT2D eigenvalue weighted by Crippen LogP contribution is 2.33. The highest BCUT2D eigenvalue weighted by Gasteiger charge is 2.32. The number of amides is 3. The van der Waals surface area contributed by atoms with Gasteiger partial charge in [0.15, 0.2) is 11.6 Å². The van der Waals surface area contributed by atoms with Crippen LogP contribution < -0.4 is 20.7 Å². The van der Waals surface area contributed by atoms with Gasteiger partial charge in [-0.15, -0.1) is 11.8 Å². The van der Waals surface area contributed by atoms with E-state index in [1.165, 1.54) is 37.1 Å². The van der Waals surface area contributed by atoms with Crippen molar-refractivity contribution in [3.05, 3.63) is 154 Å². The van der Waals surface area contributed by atoms with Crippen LogP contribution in [0, 0.1) is 0 Å². The Morgan fingerprint density at radius 2 is 1.45 bits per heavy atom. The average molecular weight is 698 g/mol. The number of aromatic hydroxyl groups is 1. The molecule has 0 saturated carbocycles. The maximum absolute atomic E-state index is 13.6. The number of ketones is 2. The first kappa shape index (κ1) is 34.4. The Balaban J connectivity index is 1.18. The lowest BCUT2D eigenvalue weighted by atomic mass is 9.83. The van der Waals surface area contributed by atoms with Crippen LogP contribution in [0.4, 0.5) is 11.4 Å². The van der Waals surface area contributed by atoms with Crippen molar-refractivity contribution in [1.29, 1.82) is 0 Å². The number of phenols is 1. The second kappa shape index (κ2) is 15.0. The fourth-order valence-corrected chi connectivity index (χ4v) is 6.43. The SMILES string of the molecule is COc1cc(O)ccc1/C=C(/NC(=O)c1ccccc1)C(=O)Nc1cccc(SC(C)C(=O)Nc2cccc3c2C(=O)c2ccccc2C3=O)c1. The molecule has 4 N–H and O–H groups in total. The van der Waals surface area contributed by atoms with Crippen molar-refractivity contribution >= 4 is 58.5 Å². The Labute approximate surface area is 297 Å². The van der Waals surface area contributed by atoms with Gasteiger partial charge in [0.2, 0.25) is 5.91 Å². The van der Waals surface area contributed by atoms with E-state index in [2.05, 4.69) is 16.0 Å². The van der Waals surface area contributed by atoms with Gasteiger partial charge in [-0.3, -0.25) is 24.0 Å². The molecule has 0 aliphatic heterocycles. The molecular formula is C40H31N3O7S. The molecular weight excluding hydrogens is 667 g/mol. The third kappa shape index (κ3) is 7.58. The molecule has 3 amide bonds. The second-order valence-corrected chi connectivity index (χ2v) is 12.9. The van der Waals surface area contributed by atoms with E-state index in [0.717, 1.165) is 0 Å². The maximum atomic E-state index is 13.6. The van der Waals surface area contributed by atoms with Crippen LogP contribution in [0.2, 0.25) is 0 Å². The third-order valence-electron chi connectivity index (χ3n) is 8.03. The number of benzene rings is 5. The molecule has 1 aliphatic rings. The van der Waals surface area contributed by atoms with Crippen LogP contribution >= 0.6 is 11.8 Å². The molecule has 0 fully saturated rings. The van der Waals surface area contributed by atoms with Gasteiger partial charge in [0, 0.05) is 44.5 Å². The molecule has 51 heavy (non-hydrogen) atoms. The van der Waals surface area contributed by atoms with E-state index in [0.29, 0.717) is 27.3 Å². The van der Waals surface area contributed by atoms with Crippen LogP contribution in [0.5, 0.6) is 11.5 Å². The van der Waals surface area contributed by atoms with E-state index in [1.807, 2.05) is 0 Å². The normalized spacial score (nSPS) is 12.6. The minimum atomic E-state index is -0.643. The summed E-state index contributed by atoms with van der Waals surface area (Å²) in [5, 5.41) is 17.6. The molecule has 0 saturated heterocycles. The summed E-state index contributed by atoms with van der Waals surface area (Å²) in [4.78, 5) is 67.3. The largest absolute Gasteiger partial charge is 0.508 e. The first-order valence-corrected chi connectivity index (χ1v) is 16.7. The van der Waals surface area contributed by atoms with Gasteiger partial charge in [0.25, 0.3) is 11.8 Å². The molecule has 10 nitrogen and oxygen atoms in total. The summed E-state index contributed by atoms with van der Waals surface area (Å²) in [5.74, 6) is -1.88. The van der Waals surface area contributed by atoms with Gasteiger partial charge in [0.1, 0.15) is 17.2 Å². The molecule has 6 rings (SSSR count). The number of carbonyl (C=O) groups is 5. The number of hydrogen-bond acceptors (Lipinski definition) is 8. The molecule has 1 atom stereocenters. The van der Waals surface area contributed by atoms with Crippen molar-refractivity contribution in [2.45, 2.75) is 17.1 Å². The number of nitrogens with one attached hydrogen (secondary N) is 3. The number of methoxy groups -OCH3 is 1. The van der Waals surface area contributed by atoms with Gasteiger partial charge < -0.3 is 25.8 Å². The minimum Gasteiger partial charge on any atom is -0.508 e. The third-order valence-corrected chi connectivity index (χ3v) is 9.12. The van der Waals surface area contributed by atoms with Crippen LogP contribution in [0.1, 0.15) is 54.7 Å². The van der Waals surface area contributed by atoms with Gasteiger partial charge in [-0.05, 0) is 61.5 Å². The Bertz CT molecular complexity index is 2230. The molecule has 0 bridgehead atoms. The molecule has 5 aromatic rings. The number of thioether (sulfide) groups is 1. The number of hydrogen-bond donors (Lipinski definition) is 4. The predicted octanol–water partition coefficient (Wildman–Crippen LogP) is 6.71. The molecule has 5 aromatic carbocycles. The Kier molecular flexibility index (Phi) is 10.1. The smallest absolute Gasteiger partial charge is 0.272 e. The summed E-state index contributed by atoms with van der Waals surface area (Å²) in [7, 11) is 1.42. The topological polar surface area (TPSA) is 151 Å². The molecule has 1 aliphatic carbocycles. The van der Waals surface area contributed by atoms with Crippen molar-refractivity contribution in [3.8, 4) is 11.5 Å². The second-order valence-electron chi connectivity index (χ2n) is 11.5. The van der Waals surface area contributed by atoms with E-state index >= 15 is 0 Å². The molecule has 1 unspecified atom stereocenters. The lowest BCUT2D eigenvalue weighted by molar-refractivity contribution is -0.115. The molecule has 11 heteroatoms. The van der Waals surface area contributed by atoms with Crippen LogP contribution in [0.15, 0.2) is 126 Å². The number of anilines is 2. The predicted molar refractivity (Wildman–Crippen MR) is 195 cm³/mol. The van der Waals surface area contributed by atoms with Crippen molar-refractivity contribution < 1.29 is 33.8 Å². The van der Waals surface area contributed by atoms with Gasteiger partial charge in [-0.1, -0.05) is 60.7 Å². The zero-order chi connectivity index (χ0) is 36.1. The van der Waals surface area contributed by atoms with Crippen molar-refractivity contribution in [2.75, 3.05) is 17.7 Å². The number of phenolic OH excluding ortho intramolecular Hbond substituents is 1. The average Bonchev–Trinajstić information content (AvgIpc) is 3.14. The number of ether oxygens (including phenoxy) is 1. The van der Waals surface area contributed by atoms with Gasteiger partial charge in [-0.2, -0.15) is 0 Å². The molecule has 254 valence electrons. The highest BCUT2D eigenvalue weighted by molar-refractivity contribution is 8.00. The van der Waals surface area contributed by atoms with E-state index in [9.17, 15) is 29.1 Å². The monoisotopic (exact) mass is 697 g/mol.